The minimum Gasteiger partial charge on any atom is -0.508 e. The van der Waals surface area contributed by atoms with Crippen molar-refractivity contribution in [2.24, 2.45) is 11.8 Å². The normalized spacial score (nSPS) is 18.3. The largest absolute Gasteiger partial charge is 0.508 e. The van der Waals surface area contributed by atoms with E-state index in [-0.39, 0.29) is 17.6 Å². The van der Waals surface area contributed by atoms with E-state index in [0.717, 1.165) is 18.7 Å². The molecule has 1 aliphatic heterocycles. The van der Waals surface area contributed by atoms with Crippen molar-refractivity contribution in [3.63, 3.8) is 0 Å². The highest BCUT2D eigenvalue weighted by atomic mass is 35.5. The third kappa shape index (κ3) is 2.76. The minimum atomic E-state index is -0.745. The van der Waals surface area contributed by atoms with Gasteiger partial charge in [0, 0.05) is 30.2 Å². The zero-order valence-corrected chi connectivity index (χ0v) is 10.9. The highest BCUT2D eigenvalue weighted by molar-refractivity contribution is 6.30. The maximum absolute atomic E-state index is 10.8. The lowest BCUT2D eigenvalue weighted by Crippen LogP contribution is -2.50. The smallest absolute Gasteiger partial charge is 0.306 e. The van der Waals surface area contributed by atoms with Gasteiger partial charge < -0.3 is 10.2 Å². The van der Waals surface area contributed by atoms with Crippen molar-refractivity contribution >= 4 is 17.6 Å². The van der Waals surface area contributed by atoms with Gasteiger partial charge in [0.25, 0.3) is 0 Å². The number of carboxylic acids is 1. The summed E-state index contributed by atoms with van der Waals surface area (Å²) in [4.78, 5) is 12.9. The van der Waals surface area contributed by atoms with Gasteiger partial charge in [0.15, 0.2) is 0 Å². The fourth-order valence-corrected chi connectivity index (χ4v) is 2.37. The number of hydrogen-bond acceptors (Lipinski definition) is 3. The first-order valence-corrected chi connectivity index (χ1v) is 6.27. The number of phenols is 1. The summed E-state index contributed by atoms with van der Waals surface area (Å²) in [6.45, 7) is 3.84. The van der Waals surface area contributed by atoms with Crippen LogP contribution in [0.4, 0.5) is 0 Å². The molecule has 0 spiro atoms. The van der Waals surface area contributed by atoms with Crippen molar-refractivity contribution in [1.82, 2.24) is 4.90 Å². The summed E-state index contributed by atoms with van der Waals surface area (Å²) in [5.74, 6) is -0.627. The van der Waals surface area contributed by atoms with Crippen molar-refractivity contribution in [1.29, 1.82) is 0 Å². The second kappa shape index (κ2) is 5.16. The number of carboxylic acid groups (broad SMARTS) is 1. The van der Waals surface area contributed by atoms with Gasteiger partial charge >= 0.3 is 5.97 Å². The van der Waals surface area contributed by atoms with E-state index >= 15 is 0 Å². The summed E-state index contributed by atoms with van der Waals surface area (Å²) in [6.07, 6.45) is 0. The van der Waals surface area contributed by atoms with Crippen LogP contribution in [0.2, 0.25) is 5.02 Å². The molecule has 2 N–H and O–H groups in total. The van der Waals surface area contributed by atoms with Crippen molar-refractivity contribution in [3.05, 3.63) is 28.8 Å². The Morgan fingerprint density at radius 2 is 2.22 bits per heavy atom. The van der Waals surface area contributed by atoms with E-state index in [1.54, 1.807) is 25.1 Å². The van der Waals surface area contributed by atoms with Gasteiger partial charge in [0.1, 0.15) is 5.75 Å². The fraction of sp³-hybridized carbons (Fsp3) is 0.462. The summed E-state index contributed by atoms with van der Waals surface area (Å²) in [5, 5.41) is 19.2. The molecule has 1 aromatic carbocycles. The van der Waals surface area contributed by atoms with Crippen molar-refractivity contribution in [2.45, 2.75) is 13.5 Å². The molecule has 2 rings (SSSR count). The lowest BCUT2D eigenvalue weighted by atomic mass is 9.87. The number of benzene rings is 1. The van der Waals surface area contributed by atoms with E-state index < -0.39 is 5.97 Å². The highest BCUT2D eigenvalue weighted by Crippen LogP contribution is 2.29. The van der Waals surface area contributed by atoms with Crippen LogP contribution in [0.15, 0.2) is 18.2 Å². The number of aliphatic carboxylic acids is 1. The SMILES string of the molecule is CC(C(=O)O)C1CN(Cc2cc(Cl)ccc2O)C1. The van der Waals surface area contributed by atoms with Gasteiger partial charge in [0.05, 0.1) is 5.92 Å². The van der Waals surface area contributed by atoms with Gasteiger partial charge in [-0.2, -0.15) is 0 Å². The highest BCUT2D eigenvalue weighted by Gasteiger charge is 2.34. The minimum absolute atomic E-state index is 0.198. The Balaban J connectivity index is 1.90. The number of likely N-dealkylation sites (tertiary alicyclic amines) is 1. The van der Waals surface area contributed by atoms with E-state index in [4.69, 9.17) is 16.7 Å². The second-order valence-corrected chi connectivity index (χ2v) is 5.29. The van der Waals surface area contributed by atoms with Gasteiger partial charge in [-0.05, 0) is 24.1 Å². The third-order valence-corrected chi connectivity index (χ3v) is 3.75. The first-order valence-electron chi connectivity index (χ1n) is 5.90. The number of phenolic OH excluding ortho intramolecular Hbond substituents is 1. The Morgan fingerprint density at radius 1 is 1.56 bits per heavy atom. The number of halogens is 1. The molecule has 1 heterocycles. The van der Waals surface area contributed by atoms with E-state index in [1.165, 1.54) is 0 Å². The lowest BCUT2D eigenvalue weighted by Gasteiger charge is -2.41. The molecule has 0 amide bonds. The van der Waals surface area contributed by atoms with Gasteiger partial charge in [-0.15, -0.1) is 0 Å². The Morgan fingerprint density at radius 3 is 2.83 bits per heavy atom. The first-order chi connectivity index (χ1) is 8.47. The second-order valence-electron chi connectivity index (χ2n) is 4.85. The van der Waals surface area contributed by atoms with Gasteiger partial charge in [-0.3, -0.25) is 9.69 Å². The first kappa shape index (κ1) is 13.2. The number of carbonyl (C=O) groups is 1. The molecule has 0 aromatic heterocycles. The monoisotopic (exact) mass is 269 g/mol. The Labute approximate surface area is 111 Å². The van der Waals surface area contributed by atoms with Crippen LogP contribution in [0, 0.1) is 11.8 Å². The summed E-state index contributed by atoms with van der Waals surface area (Å²) in [5.41, 5.74) is 0.781. The molecule has 18 heavy (non-hydrogen) atoms. The molecule has 98 valence electrons. The van der Waals surface area contributed by atoms with Crippen LogP contribution >= 0.6 is 11.6 Å². The van der Waals surface area contributed by atoms with Gasteiger partial charge in [-0.25, -0.2) is 0 Å². The predicted octanol–water partition coefficient (Wildman–Crippen LogP) is 2.20. The molecule has 0 bridgehead atoms. The molecule has 1 fully saturated rings. The number of hydrogen-bond donors (Lipinski definition) is 2. The molecule has 4 nitrogen and oxygen atoms in total. The lowest BCUT2D eigenvalue weighted by molar-refractivity contribution is -0.145. The van der Waals surface area contributed by atoms with Gasteiger partial charge in [0.2, 0.25) is 0 Å². The van der Waals surface area contributed by atoms with E-state index in [1.807, 2.05) is 0 Å². The Kier molecular flexibility index (Phi) is 3.78. The van der Waals surface area contributed by atoms with Crippen LogP contribution in [0.25, 0.3) is 0 Å². The van der Waals surface area contributed by atoms with E-state index in [9.17, 15) is 9.90 Å². The summed E-state index contributed by atoms with van der Waals surface area (Å²) in [7, 11) is 0. The standard InChI is InChI=1S/C13H16ClNO3/c1-8(13(17)18)10-6-15(7-10)5-9-4-11(14)2-3-12(9)16/h2-4,8,10,16H,5-7H2,1H3,(H,17,18). The van der Waals surface area contributed by atoms with Crippen LogP contribution in [-0.4, -0.2) is 34.2 Å². The van der Waals surface area contributed by atoms with Crippen LogP contribution in [0.1, 0.15) is 12.5 Å². The molecular weight excluding hydrogens is 254 g/mol. The molecule has 0 saturated carbocycles. The van der Waals surface area contributed by atoms with E-state index in [0.29, 0.717) is 11.6 Å². The van der Waals surface area contributed by atoms with Crippen LogP contribution in [0.5, 0.6) is 5.75 Å². The molecule has 1 aliphatic rings. The molecule has 1 atom stereocenters. The molecule has 0 aliphatic carbocycles. The maximum Gasteiger partial charge on any atom is 0.306 e. The van der Waals surface area contributed by atoms with Crippen LogP contribution in [-0.2, 0) is 11.3 Å². The number of aromatic hydroxyl groups is 1. The molecule has 1 unspecified atom stereocenters. The molecular formula is C13H16ClNO3. The molecule has 1 saturated heterocycles. The summed E-state index contributed by atoms with van der Waals surface area (Å²) >= 11 is 5.87. The summed E-state index contributed by atoms with van der Waals surface area (Å²) < 4.78 is 0. The van der Waals surface area contributed by atoms with E-state index in [2.05, 4.69) is 4.90 Å². The Bertz CT molecular complexity index is 458. The predicted molar refractivity (Wildman–Crippen MR) is 68.7 cm³/mol. The topological polar surface area (TPSA) is 60.8 Å². The van der Waals surface area contributed by atoms with Crippen molar-refractivity contribution < 1.29 is 15.0 Å². The maximum atomic E-state index is 10.8. The van der Waals surface area contributed by atoms with Crippen LogP contribution < -0.4 is 0 Å². The Hall–Kier alpha value is -1.26. The van der Waals surface area contributed by atoms with Crippen LogP contribution in [0.3, 0.4) is 0 Å². The number of nitrogens with zero attached hydrogens (tertiary/aromatic N) is 1. The quantitative estimate of drug-likeness (QED) is 0.880. The third-order valence-electron chi connectivity index (χ3n) is 3.52. The molecule has 5 heteroatoms. The van der Waals surface area contributed by atoms with Crippen molar-refractivity contribution in [3.8, 4) is 5.75 Å². The fourth-order valence-electron chi connectivity index (χ4n) is 2.18. The van der Waals surface area contributed by atoms with Gasteiger partial charge in [-0.1, -0.05) is 18.5 Å². The zero-order valence-electron chi connectivity index (χ0n) is 10.1. The average Bonchev–Trinajstić information content (AvgIpc) is 2.26. The zero-order chi connectivity index (χ0) is 13.3. The summed E-state index contributed by atoms with van der Waals surface area (Å²) in [6, 6.07) is 4.96. The molecule has 1 aromatic rings. The number of rotatable bonds is 4. The average molecular weight is 270 g/mol. The molecule has 0 radical (unpaired) electrons. The van der Waals surface area contributed by atoms with Crippen molar-refractivity contribution in [2.75, 3.05) is 13.1 Å².